The van der Waals surface area contributed by atoms with Crippen LogP contribution in [0.1, 0.15) is 51.8 Å². The number of nitrogens with zero attached hydrogens (tertiary/aromatic N) is 4. The molecule has 4 aromatic rings. The minimum Gasteiger partial charge on any atom is -0.381 e. The summed E-state index contributed by atoms with van der Waals surface area (Å²) in [4.78, 5) is 35.6. The molecule has 6 rings (SSSR count). The van der Waals surface area contributed by atoms with Gasteiger partial charge < -0.3 is 14.6 Å². The van der Waals surface area contributed by atoms with Crippen molar-refractivity contribution in [3.8, 4) is 0 Å². The van der Waals surface area contributed by atoms with Crippen molar-refractivity contribution in [1.29, 1.82) is 0 Å². The summed E-state index contributed by atoms with van der Waals surface area (Å²) >= 11 is 0. The molecule has 9 heteroatoms. The van der Waals surface area contributed by atoms with E-state index in [1.165, 1.54) is 0 Å². The molecule has 1 amide bonds. The molecule has 2 aliphatic rings. The number of rotatable bonds is 2. The number of H-pyrrole nitrogens is 2. The van der Waals surface area contributed by atoms with Gasteiger partial charge in [0.15, 0.2) is 0 Å². The van der Waals surface area contributed by atoms with E-state index >= 15 is 0 Å². The number of benzene rings is 1. The average Bonchev–Trinajstić information content (AvgIpc) is 3.47. The van der Waals surface area contributed by atoms with Crippen LogP contribution < -0.4 is 5.56 Å². The standard InChI is InChI=1S/C23H24N6O3/c1-13-8-19-18(9-16(13)23(31)28-5-2-17-15(12-28)10-25-27-17)26-22(30)20-11-24-21(29(19)20)14-3-6-32-7-4-14/h8-11,14H,2-7,12H2,1H3,(H,25,27)(H,26,30). The molecule has 5 heterocycles. The molecule has 0 saturated carbocycles. The Morgan fingerprint density at radius 2 is 2.03 bits per heavy atom. The maximum atomic E-state index is 13.4. The predicted octanol–water partition coefficient (Wildman–Crippen LogP) is 2.30. The lowest BCUT2D eigenvalue weighted by molar-refractivity contribution is 0.0733. The summed E-state index contributed by atoms with van der Waals surface area (Å²) in [6, 6.07) is 3.80. The second-order valence-electron chi connectivity index (χ2n) is 8.71. The summed E-state index contributed by atoms with van der Waals surface area (Å²) in [7, 11) is 0. The number of carbonyl (C=O) groups excluding carboxylic acids is 1. The summed E-state index contributed by atoms with van der Waals surface area (Å²) in [6.45, 7) is 4.52. The van der Waals surface area contributed by atoms with Crippen molar-refractivity contribution in [2.45, 2.75) is 38.6 Å². The van der Waals surface area contributed by atoms with E-state index in [1.807, 2.05) is 28.4 Å². The lowest BCUT2D eigenvalue weighted by atomic mass is 9.99. The van der Waals surface area contributed by atoms with E-state index in [9.17, 15) is 9.59 Å². The van der Waals surface area contributed by atoms with Gasteiger partial charge in [0.2, 0.25) is 0 Å². The molecular formula is C23H24N6O3. The van der Waals surface area contributed by atoms with E-state index in [2.05, 4.69) is 20.2 Å². The van der Waals surface area contributed by atoms with Crippen LogP contribution >= 0.6 is 0 Å². The molecule has 32 heavy (non-hydrogen) atoms. The van der Waals surface area contributed by atoms with Gasteiger partial charge in [-0.05, 0) is 37.5 Å². The number of nitrogens with one attached hydrogen (secondary N) is 2. The Hall–Kier alpha value is -3.46. The summed E-state index contributed by atoms with van der Waals surface area (Å²) in [5, 5.41) is 7.09. The number of ether oxygens (including phenoxy) is 1. The quantitative estimate of drug-likeness (QED) is 0.505. The van der Waals surface area contributed by atoms with Gasteiger partial charge in [-0.2, -0.15) is 5.10 Å². The first-order valence-corrected chi connectivity index (χ1v) is 11.0. The van der Waals surface area contributed by atoms with Crippen molar-refractivity contribution < 1.29 is 9.53 Å². The maximum Gasteiger partial charge on any atom is 0.274 e. The molecule has 0 aliphatic carbocycles. The average molecular weight is 432 g/mol. The van der Waals surface area contributed by atoms with Crippen LogP contribution in [0.2, 0.25) is 0 Å². The van der Waals surface area contributed by atoms with E-state index in [-0.39, 0.29) is 17.4 Å². The monoisotopic (exact) mass is 432 g/mol. The van der Waals surface area contributed by atoms with Crippen LogP contribution in [-0.4, -0.2) is 55.1 Å². The van der Waals surface area contributed by atoms with Crippen LogP contribution in [-0.2, 0) is 17.7 Å². The molecule has 0 radical (unpaired) electrons. The van der Waals surface area contributed by atoms with Gasteiger partial charge in [0, 0.05) is 55.5 Å². The zero-order chi connectivity index (χ0) is 21.8. The largest absolute Gasteiger partial charge is 0.381 e. The smallest absolute Gasteiger partial charge is 0.274 e. The zero-order valence-corrected chi connectivity index (χ0v) is 17.9. The molecule has 0 unspecified atom stereocenters. The van der Waals surface area contributed by atoms with Crippen molar-refractivity contribution in [3.63, 3.8) is 0 Å². The van der Waals surface area contributed by atoms with Crippen molar-refractivity contribution in [2.75, 3.05) is 19.8 Å². The Morgan fingerprint density at radius 1 is 1.19 bits per heavy atom. The number of amides is 1. The molecule has 0 spiro atoms. The van der Waals surface area contributed by atoms with E-state index in [0.717, 1.165) is 47.4 Å². The molecule has 2 aliphatic heterocycles. The van der Waals surface area contributed by atoms with Crippen molar-refractivity contribution >= 4 is 22.5 Å². The Labute approximate surface area is 183 Å². The number of aromatic amines is 2. The third-order valence-corrected chi connectivity index (χ3v) is 6.76. The summed E-state index contributed by atoms with van der Waals surface area (Å²) in [5.74, 6) is 1.10. The second kappa shape index (κ2) is 7.30. The Bertz CT molecular complexity index is 1410. The van der Waals surface area contributed by atoms with Crippen LogP contribution in [0, 0.1) is 6.92 Å². The number of hydrogen-bond acceptors (Lipinski definition) is 5. The first-order chi connectivity index (χ1) is 15.6. The van der Waals surface area contributed by atoms with Crippen LogP contribution in [0.4, 0.5) is 0 Å². The highest BCUT2D eigenvalue weighted by atomic mass is 16.5. The fourth-order valence-corrected chi connectivity index (χ4v) is 4.98. The van der Waals surface area contributed by atoms with Gasteiger partial charge in [0.1, 0.15) is 11.3 Å². The van der Waals surface area contributed by atoms with E-state index in [1.54, 1.807) is 12.4 Å². The van der Waals surface area contributed by atoms with Gasteiger partial charge in [-0.3, -0.25) is 19.1 Å². The first kappa shape index (κ1) is 19.2. The van der Waals surface area contributed by atoms with Gasteiger partial charge in [-0.25, -0.2) is 4.98 Å². The van der Waals surface area contributed by atoms with Crippen LogP contribution in [0.3, 0.4) is 0 Å². The lowest BCUT2D eigenvalue weighted by Gasteiger charge is -2.27. The normalized spacial score (nSPS) is 17.2. The minimum atomic E-state index is -0.202. The molecule has 1 fully saturated rings. The lowest BCUT2D eigenvalue weighted by Crippen LogP contribution is -2.36. The van der Waals surface area contributed by atoms with E-state index in [0.29, 0.717) is 42.9 Å². The van der Waals surface area contributed by atoms with Crippen LogP contribution in [0.15, 0.2) is 29.3 Å². The first-order valence-electron chi connectivity index (χ1n) is 11.0. The number of hydrogen-bond donors (Lipinski definition) is 2. The number of fused-ring (bicyclic) bond motifs is 4. The van der Waals surface area contributed by atoms with Gasteiger partial charge in [0.05, 0.1) is 23.4 Å². The molecular weight excluding hydrogens is 408 g/mol. The summed E-state index contributed by atoms with van der Waals surface area (Å²) in [5.41, 5.74) is 5.46. The minimum absolute atomic E-state index is 0.0347. The number of aromatic nitrogens is 5. The van der Waals surface area contributed by atoms with Gasteiger partial charge in [-0.1, -0.05) is 0 Å². The van der Waals surface area contributed by atoms with Crippen LogP contribution in [0.25, 0.3) is 16.6 Å². The molecule has 164 valence electrons. The zero-order valence-electron chi connectivity index (χ0n) is 17.9. The third kappa shape index (κ3) is 2.96. The van der Waals surface area contributed by atoms with Gasteiger partial charge in [0.25, 0.3) is 11.5 Å². The topological polar surface area (TPSA) is 108 Å². The van der Waals surface area contributed by atoms with Crippen molar-refractivity contribution in [2.24, 2.45) is 0 Å². The van der Waals surface area contributed by atoms with Gasteiger partial charge in [-0.15, -0.1) is 0 Å². The van der Waals surface area contributed by atoms with Crippen molar-refractivity contribution in [3.05, 3.63) is 63.1 Å². The Morgan fingerprint density at radius 3 is 2.88 bits per heavy atom. The highest BCUT2D eigenvalue weighted by molar-refractivity contribution is 5.99. The Balaban J connectivity index is 1.45. The summed E-state index contributed by atoms with van der Waals surface area (Å²) < 4.78 is 7.47. The molecule has 1 aromatic carbocycles. The molecule has 3 aromatic heterocycles. The molecule has 2 N–H and O–H groups in total. The molecule has 0 atom stereocenters. The fraction of sp³-hybridized carbons (Fsp3) is 0.391. The second-order valence-corrected chi connectivity index (χ2v) is 8.71. The van der Waals surface area contributed by atoms with E-state index in [4.69, 9.17) is 4.74 Å². The fourth-order valence-electron chi connectivity index (χ4n) is 4.98. The predicted molar refractivity (Wildman–Crippen MR) is 118 cm³/mol. The van der Waals surface area contributed by atoms with Gasteiger partial charge >= 0.3 is 0 Å². The number of carbonyl (C=O) groups is 1. The Kier molecular flexibility index (Phi) is 4.39. The van der Waals surface area contributed by atoms with Crippen LogP contribution in [0.5, 0.6) is 0 Å². The van der Waals surface area contributed by atoms with Crippen molar-refractivity contribution in [1.82, 2.24) is 29.5 Å². The number of imidazole rings is 1. The molecule has 9 nitrogen and oxygen atoms in total. The third-order valence-electron chi connectivity index (χ3n) is 6.76. The summed E-state index contributed by atoms with van der Waals surface area (Å²) in [6.07, 6.45) is 5.96. The maximum absolute atomic E-state index is 13.4. The SMILES string of the molecule is Cc1cc2c(cc1C(=O)N1CCc3[nH]ncc3C1)[nH]c(=O)c1cnc(C3CCOCC3)n12. The van der Waals surface area contributed by atoms with E-state index < -0.39 is 0 Å². The highest BCUT2D eigenvalue weighted by Crippen LogP contribution is 2.29. The molecule has 0 bridgehead atoms. The highest BCUT2D eigenvalue weighted by Gasteiger charge is 2.26. The molecule has 1 saturated heterocycles. The number of aryl methyl sites for hydroxylation is 1.